The van der Waals surface area contributed by atoms with Crippen LogP contribution < -0.4 is 5.32 Å². The number of piperazine rings is 1. The highest BCUT2D eigenvalue weighted by Crippen LogP contribution is 2.29. The summed E-state index contributed by atoms with van der Waals surface area (Å²) in [6.07, 6.45) is 9.86. The van der Waals surface area contributed by atoms with Crippen molar-refractivity contribution in [3.63, 3.8) is 0 Å². The Morgan fingerprint density at radius 3 is 2.50 bits per heavy atom. The van der Waals surface area contributed by atoms with E-state index in [2.05, 4.69) is 31.0 Å². The second-order valence-corrected chi connectivity index (χ2v) is 6.45. The zero-order valence-corrected chi connectivity index (χ0v) is 12.6. The summed E-state index contributed by atoms with van der Waals surface area (Å²) in [7, 11) is 0. The fourth-order valence-corrected chi connectivity index (χ4v) is 3.77. The molecule has 106 valence electrons. The summed E-state index contributed by atoms with van der Waals surface area (Å²) >= 11 is 0. The van der Waals surface area contributed by atoms with Gasteiger partial charge in [-0.1, -0.05) is 46.5 Å². The summed E-state index contributed by atoms with van der Waals surface area (Å²) < 4.78 is 0. The monoisotopic (exact) mass is 252 g/mol. The van der Waals surface area contributed by atoms with Crippen LogP contribution in [-0.2, 0) is 0 Å². The van der Waals surface area contributed by atoms with Crippen LogP contribution >= 0.6 is 0 Å². The zero-order valence-electron chi connectivity index (χ0n) is 12.6. The summed E-state index contributed by atoms with van der Waals surface area (Å²) in [5, 5.41) is 3.76. The van der Waals surface area contributed by atoms with E-state index >= 15 is 0 Å². The molecule has 0 radical (unpaired) electrons. The molecule has 0 aromatic heterocycles. The van der Waals surface area contributed by atoms with Gasteiger partial charge in [-0.3, -0.25) is 4.90 Å². The summed E-state index contributed by atoms with van der Waals surface area (Å²) in [4.78, 5) is 2.89. The molecule has 0 spiro atoms. The Hall–Kier alpha value is -0.0800. The second-order valence-electron chi connectivity index (χ2n) is 6.45. The minimum Gasteiger partial charge on any atom is -0.311 e. The molecule has 0 bridgehead atoms. The maximum atomic E-state index is 3.76. The Labute approximate surface area is 114 Å². The van der Waals surface area contributed by atoms with E-state index < -0.39 is 0 Å². The lowest BCUT2D eigenvalue weighted by Gasteiger charge is -2.48. The van der Waals surface area contributed by atoms with E-state index in [1.807, 2.05) is 0 Å². The third kappa shape index (κ3) is 3.27. The molecule has 3 unspecified atom stereocenters. The van der Waals surface area contributed by atoms with E-state index in [1.54, 1.807) is 0 Å². The lowest BCUT2D eigenvalue weighted by Crippen LogP contribution is -2.61. The van der Waals surface area contributed by atoms with Gasteiger partial charge in [0.2, 0.25) is 0 Å². The van der Waals surface area contributed by atoms with Crippen molar-refractivity contribution in [1.29, 1.82) is 0 Å². The molecule has 2 nitrogen and oxygen atoms in total. The van der Waals surface area contributed by atoms with Gasteiger partial charge < -0.3 is 5.32 Å². The third-order valence-corrected chi connectivity index (χ3v) is 5.31. The molecule has 2 heteroatoms. The first kappa shape index (κ1) is 14.3. The maximum absolute atomic E-state index is 3.76. The van der Waals surface area contributed by atoms with Crippen LogP contribution in [0.15, 0.2) is 0 Å². The van der Waals surface area contributed by atoms with Crippen LogP contribution in [0, 0.1) is 5.92 Å². The zero-order chi connectivity index (χ0) is 13.0. The minimum atomic E-state index is 0.729. The quantitative estimate of drug-likeness (QED) is 0.825. The van der Waals surface area contributed by atoms with Crippen LogP contribution in [0.4, 0.5) is 0 Å². The number of hydrogen-bond acceptors (Lipinski definition) is 2. The van der Waals surface area contributed by atoms with Crippen molar-refractivity contribution in [3.8, 4) is 0 Å². The van der Waals surface area contributed by atoms with Crippen LogP contribution in [0.5, 0.6) is 0 Å². The molecular formula is C16H32N2. The number of hydrogen-bond donors (Lipinski definition) is 1. The number of rotatable bonds is 4. The van der Waals surface area contributed by atoms with Gasteiger partial charge in [-0.15, -0.1) is 0 Å². The highest BCUT2D eigenvalue weighted by atomic mass is 15.3. The second kappa shape index (κ2) is 6.91. The van der Waals surface area contributed by atoms with E-state index in [0.29, 0.717) is 0 Å². The Kier molecular flexibility index (Phi) is 5.50. The normalized spacial score (nSPS) is 33.5. The lowest BCUT2D eigenvalue weighted by molar-refractivity contribution is 0.0338. The first-order valence-corrected chi connectivity index (χ1v) is 8.25. The average molecular weight is 252 g/mol. The first-order chi connectivity index (χ1) is 8.76. The molecule has 2 aliphatic rings. The van der Waals surface area contributed by atoms with Gasteiger partial charge in [0.05, 0.1) is 0 Å². The molecule has 1 saturated carbocycles. The van der Waals surface area contributed by atoms with Gasteiger partial charge >= 0.3 is 0 Å². The third-order valence-electron chi connectivity index (χ3n) is 5.31. The van der Waals surface area contributed by atoms with Crippen molar-refractivity contribution < 1.29 is 0 Å². The van der Waals surface area contributed by atoms with Crippen molar-refractivity contribution in [2.45, 2.75) is 83.8 Å². The molecule has 18 heavy (non-hydrogen) atoms. The summed E-state index contributed by atoms with van der Waals surface area (Å²) in [5.41, 5.74) is 0. The van der Waals surface area contributed by atoms with E-state index in [4.69, 9.17) is 0 Å². The number of nitrogens with one attached hydrogen (secondary N) is 1. The van der Waals surface area contributed by atoms with Gasteiger partial charge in [0.1, 0.15) is 0 Å². The first-order valence-electron chi connectivity index (χ1n) is 8.25. The summed E-state index contributed by atoms with van der Waals surface area (Å²) in [6.45, 7) is 9.60. The van der Waals surface area contributed by atoms with Crippen LogP contribution in [-0.4, -0.2) is 36.1 Å². The summed E-state index contributed by atoms with van der Waals surface area (Å²) in [6, 6.07) is 2.39. The van der Waals surface area contributed by atoms with Crippen LogP contribution in [0.2, 0.25) is 0 Å². The topological polar surface area (TPSA) is 15.3 Å². The SMILES string of the molecule is CCC1CN(C2CCCCC2)C(C(C)CC)CN1. The highest BCUT2D eigenvalue weighted by molar-refractivity contribution is 4.92. The Morgan fingerprint density at radius 2 is 1.89 bits per heavy atom. The maximum Gasteiger partial charge on any atom is 0.0249 e. The van der Waals surface area contributed by atoms with Gasteiger partial charge in [-0.25, -0.2) is 0 Å². The van der Waals surface area contributed by atoms with Crippen molar-refractivity contribution >= 4 is 0 Å². The minimum absolute atomic E-state index is 0.729. The Morgan fingerprint density at radius 1 is 1.17 bits per heavy atom. The van der Waals surface area contributed by atoms with Gasteiger partial charge in [-0.2, -0.15) is 0 Å². The molecular weight excluding hydrogens is 220 g/mol. The van der Waals surface area contributed by atoms with Crippen molar-refractivity contribution in [2.24, 2.45) is 5.92 Å². The van der Waals surface area contributed by atoms with E-state index in [9.17, 15) is 0 Å². The van der Waals surface area contributed by atoms with E-state index in [0.717, 1.165) is 24.0 Å². The average Bonchev–Trinajstić information content (AvgIpc) is 2.46. The van der Waals surface area contributed by atoms with E-state index in [-0.39, 0.29) is 0 Å². The predicted octanol–water partition coefficient (Wildman–Crippen LogP) is 3.42. The fraction of sp³-hybridized carbons (Fsp3) is 1.00. The van der Waals surface area contributed by atoms with Gasteiger partial charge in [0.25, 0.3) is 0 Å². The largest absolute Gasteiger partial charge is 0.311 e. The molecule has 3 atom stereocenters. The summed E-state index contributed by atoms with van der Waals surface area (Å²) in [5.74, 6) is 0.831. The van der Waals surface area contributed by atoms with Crippen molar-refractivity contribution in [3.05, 3.63) is 0 Å². The van der Waals surface area contributed by atoms with Crippen LogP contribution in [0.3, 0.4) is 0 Å². The smallest absolute Gasteiger partial charge is 0.0249 e. The fourth-order valence-electron chi connectivity index (χ4n) is 3.77. The predicted molar refractivity (Wildman–Crippen MR) is 78.9 cm³/mol. The molecule has 1 heterocycles. The lowest BCUT2D eigenvalue weighted by atomic mass is 9.87. The van der Waals surface area contributed by atoms with Crippen molar-refractivity contribution in [1.82, 2.24) is 10.2 Å². The van der Waals surface area contributed by atoms with Crippen LogP contribution in [0.1, 0.15) is 65.7 Å². The molecule has 2 rings (SSSR count). The number of nitrogens with zero attached hydrogens (tertiary/aromatic N) is 1. The van der Waals surface area contributed by atoms with Gasteiger partial charge in [0, 0.05) is 31.2 Å². The highest BCUT2D eigenvalue weighted by Gasteiger charge is 2.34. The van der Waals surface area contributed by atoms with Gasteiger partial charge in [-0.05, 0) is 25.2 Å². The van der Waals surface area contributed by atoms with E-state index in [1.165, 1.54) is 58.0 Å². The standard InChI is InChI=1S/C16H32N2/c1-4-13(3)16-11-17-14(5-2)12-18(16)15-9-7-6-8-10-15/h13-17H,4-12H2,1-3H3. The van der Waals surface area contributed by atoms with Crippen LogP contribution in [0.25, 0.3) is 0 Å². The molecule has 2 fully saturated rings. The molecule has 0 aromatic rings. The Bertz CT molecular complexity index is 235. The molecule has 0 aromatic carbocycles. The van der Waals surface area contributed by atoms with Crippen molar-refractivity contribution in [2.75, 3.05) is 13.1 Å². The molecule has 1 N–H and O–H groups in total. The molecule has 0 amide bonds. The molecule has 1 aliphatic carbocycles. The molecule has 1 saturated heterocycles. The Balaban J connectivity index is 2.02. The van der Waals surface area contributed by atoms with Gasteiger partial charge in [0.15, 0.2) is 0 Å². The molecule has 1 aliphatic heterocycles.